The molecule has 2 rings (SSSR count). The highest BCUT2D eigenvalue weighted by Gasteiger charge is 2.55. The molecular weight excluding hydrogens is 270 g/mol. The van der Waals surface area contributed by atoms with Crippen molar-refractivity contribution in [2.24, 2.45) is 0 Å². The Hall–Kier alpha value is -1.69. The van der Waals surface area contributed by atoms with Crippen molar-refractivity contribution in [1.82, 2.24) is 0 Å². The molecule has 0 unspecified atom stereocenters. The Morgan fingerprint density at radius 2 is 1.90 bits per heavy atom. The molecule has 2 heterocycles. The molecule has 0 aliphatic carbocycles. The number of ether oxygens (including phenoxy) is 5. The van der Waals surface area contributed by atoms with Crippen LogP contribution in [0.15, 0.2) is 0 Å². The molecule has 5 atom stereocenters. The molecular formula is C12H15NO7. The Morgan fingerprint density at radius 1 is 1.25 bits per heavy atom. The molecule has 0 saturated carbocycles. The van der Waals surface area contributed by atoms with E-state index in [1.807, 2.05) is 6.07 Å². The van der Waals surface area contributed by atoms with E-state index >= 15 is 0 Å². The summed E-state index contributed by atoms with van der Waals surface area (Å²) in [6.07, 6.45) is -3.37. The lowest BCUT2D eigenvalue weighted by Gasteiger charge is -2.35. The molecule has 110 valence electrons. The molecule has 0 spiro atoms. The number of hydrogen-bond donors (Lipinski definition) is 0. The van der Waals surface area contributed by atoms with Crippen LogP contribution in [0.1, 0.15) is 20.8 Å². The largest absolute Gasteiger partial charge is 0.456 e. The van der Waals surface area contributed by atoms with Gasteiger partial charge in [0.1, 0.15) is 6.07 Å². The van der Waals surface area contributed by atoms with E-state index in [1.165, 1.54) is 20.8 Å². The van der Waals surface area contributed by atoms with Crippen LogP contribution in [-0.2, 0) is 33.3 Å². The van der Waals surface area contributed by atoms with Crippen LogP contribution in [-0.4, -0.2) is 48.9 Å². The highest BCUT2D eigenvalue weighted by Crippen LogP contribution is 2.36. The van der Waals surface area contributed by atoms with Gasteiger partial charge in [0.15, 0.2) is 24.6 Å². The second-order valence-electron chi connectivity index (χ2n) is 4.68. The van der Waals surface area contributed by atoms with Crippen LogP contribution in [0.2, 0.25) is 0 Å². The number of rotatable bonds is 2. The van der Waals surface area contributed by atoms with E-state index in [2.05, 4.69) is 0 Å². The summed E-state index contributed by atoms with van der Waals surface area (Å²) < 4.78 is 26.3. The SMILES string of the molecule is CC(=O)O[C@@H]1[C@H]2O[C@](C)(C#N)O[C@@H]2OC[C@H]1OC(C)=O. The third-order valence-electron chi connectivity index (χ3n) is 2.91. The molecule has 0 radical (unpaired) electrons. The normalized spacial score (nSPS) is 39.5. The minimum absolute atomic E-state index is 0.0104. The van der Waals surface area contributed by atoms with Gasteiger partial charge in [-0.05, 0) is 0 Å². The fourth-order valence-corrected chi connectivity index (χ4v) is 2.18. The summed E-state index contributed by atoms with van der Waals surface area (Å²) in [5.74, 6) is -2.57. The van der Waals surface area contributed by atoms with Crippen molar-refractivity contribution in [1.29, 1.82) is 5.26 Å². The molecule has 0 aromatic carbocycles. The molecule has 0 aromatic heterocycles. The van der Waals surface area contributed by atoms with E-state index in [0.29, 0.717) is 0 Å². The zero-order valence-corrected chi connectivity index (χ0v) is 11.3. The summed E-state index contributed by atoms with van der Waals surface area (Å²) in [7, 11) is 0. The number of hydrogen-bond acceptors (Lipinski definition) is 8. The van der Waals surface area contributed by atoms with E-state index in [9.17, 15) is 9.59 Å². The van der Waals surface area contributed by atoms with Crippen molar-refractivity contribution in [3.63, 3.8) is 0 Å². The van der Waals surface area contributed by atoms with Gasteiger partial charge in [-0.25, -0.2) is 0 Å². The molecule has 8 nitrogen and oxygen atoms in total. The Labute approximate surface area is 115 Å². The summed E-state index contributed by atoms with van der Waals surface area (Å²) in [6.45, 7) is 3.89. The highest BCUT2D eigenvalue weighted by atomic mass is 16.8. The summed E-state index contributed by atoms with van der Waals surface area (Å²) >= 11 is 0. The van der Waals surface area contributed by atoms with Crippen molar-refractivity contribution in [3.8, 4) is 6.07 Å². The molecule has 20 heavy (non-hydrogen) atoms. The van der Waals surface area contributed by atoms with Crippen molar-refractivity contribution < 1.29 is 33.3 Å². The molecule has 2 fully saturated rings. The quantitative estimate of drug-likeness (QED) is 0.646. The molecule has 2 aliphatic heterocycles. The maximum atomic E-state index is 11.2. The van der Waals surface area contributed by atoms with Crippen LogP contribution < -0.4 is 0 Å². The minimum Gasteiger partial charge on any atom is -0.456 e. The standard InChI is InChI=1S/C12H15NO7/c1-6(14)17-8-4-16-11-10(9(8)18-7(2)15)19-12(3,5-13)20-11/h8-11H,4H2,1-3H3/t8-,9+,10-,11+,12+/m1/s1. The van der Waals surface area contributed by atoms with Crippen molar-refractivity contribution >= 4 is 11.9 Å². The Bertz CT molecular complexity index is 459. The van der Waals surface area contributed by atoms with Gasteiger partial charge in [0.25, 0.3) is 5.79 Å². The first-order valence-corrected chi connectivity index (χ1v) is 6.07. The molecule has 8 heteroatoms. The predicted octanol–water partition coefficient (Wildman–Crippen LogP) is -0.139. The van der Waals surface area contributed by atoms with Crippen LogP contribution >= 0.6 is 0 Å². The van der Waals surface area contributed by atoms with Gasteiger partial charge in [-0.2, -0.15) is 5.26 Å². The van der Waals surface area contributed by atoms with Crippen molar-refractivity contribution in [2.75, 3.05) is 6.61 Å². The number of nitrogens with zero attached hydrogens (tertiary/aromatic N) is 1. The second-order valence-corrected chi connectivity index (χ2v) is 4.68. The average molecular weight is 285 g/mol. The van der Waals surface area contributed by atoms with Crippen molar-refractivity contribution in [3.05, 3.63) is 0 Å². The lowest BCUT2D eigenvalue weighted by Crippen LogP contribution is -2.54. The predicted molar refractivity (Wildman–Crippen MR) is 60.8 cm³/mol. The minimum atomic E-state index is -1.49. The van der Waals surface area contributed by atoms with Gasteiger partial charge >= 0.3 is 11.9 Å². The summed E-state index contributed by atoms with van der Waals surface area (Å²) in [4.78, 5) is 22.3. The van der Waals surface area contributed by atoms with E-state index in [-0.39, 0.29) is 6.61 Å². The zero-order chi connectivity index (χ0) is 14.9. The molecule has 0 aromatic rings. The summed E-state index contributed by atoms with van der Waals surface area (Å²) in [5.41, 5.74) is 0. The van der Waals surface area contributed by atoms with Crippen LogP contribution in [0.5, 0.6) is 0 Å². The van der Waals surface area contributed by atoms with E-state index in [0.717, 1.165) is 0 Å². The van der Waals surface area contributed by atoms with Gasteiger partial charge < -0.3 is 23.7 Å². The highest BCUT2D eigenvalue weighted by molar-refractivity contribution is 5.67. The van der Waals surface area contributed by atoms with Crippen LogP contribution in [0, 0.1) is 11.3 Å². The van der Waals surface area contributed by atoms with Gasteiger partial charge in [0.2, 0.25) is 0 Å². The number of carbonyl (C=O) groups excluding carboxylic acids is 2. The van der Waals surface area contributed by atoms with Crippen molar-refractivity contribution in [2.45, 2.75) is 51.2 Å². The molecule has 0 amide bonds. The molecule has 0 bridgehead atoms. The first kappa shape index (κ1) is 14.7. The smallest absolute Gasteiger partial charge is 0.303 e. The lowest BCUT2D eigenvalue weighted by atomic mass is 10.0. The Morgan fingerprint density at radius 3 is 2.45 bits per heavy atom. The van der Waals surface area contributed by atoms with Gasteiger partial charge in [0.05, 0.1) is 6.61 Å². The van der Waals surface area contributed by atoms with Gasteiger partial charge in [0, 0.05) is 20.8 Å². The number of fused-ring (bicyclic) bond motifs is 1. The monoisotopic (exact) mass is 285 g/mol. The van der Waals surface area contributed by atoms with E-state index in [4.69, 9.17) is 28.9 Å². The third-order valence-corrected chi connectivity index (χ3v) is 2.91. The van der Waals surface area contributed by atoms with Gasteiger partial charge in [-0.1, -0.05) is 0 Å². The third kappa shape index (κ3) is 2.90. The first-order valence-electron chi connectivity index (χ1n) is 6.07. The Kier molecular flexibility index (Phi) is 3.94. The van der Waals surface area contributed by atoms with Crippen LogP contribution in [0.3, 0.4) is 0 Å². The van der Waals surface area contributed by atoms with Crippen LogP contribution in [0.25, 0.3) is 0 Å². The molecule has 2 saturated heterocycles. The summed E-state index contributed by atoms with van der Waals surface area (Å²) in [5, 5.41) is 9.00. The van der Waals surface area contributed by atoms with E-state index < -0.39 is 42.3 Å². The fraction of sp³-hybridized carbons (Fsp3) is 0.750. The fourth-order valence-electron chi connectivity index (χ4n) is 2.18. The maximum Gasteiger partial charge on any atom is 0.303 e. The molecule has 0 N–H and O–H groups in total. The first-order chi connectivity index (χ1) is 9.34. The van der Waals surface area contributed by atoms with E-state index in [1.54, 1.807) is 0 Å². The number of nitriles is 1. The lowest BCUT2D eigenvalue weighted by molar-refractivity contribution is -0.230. The second kappa shape index (κ2) is 5.36. The average Bonchev–Trinajstić information content (AvgIpc) is 2.69. The topological polar surface area (TPSA) is 104 Å². The summed E-state index contributed by atoms with van der Waals surface area (Å²) in [6, 6.07) is 1.85. The zero-order valence-electron chi connectivity index (χ0n) is 11.3. The van der Waals surface area contributed by atoms with Crippen LogP contribution in [0.4, 0.5) is 0 Å². The Balaban J connectivity index is 2.19. The van der Waals surface area contributed by atoms with Gasteiger partial charge in [-0.15, -0.1) is 0 Å². The van der Waals surface area contributed by atoms with Gasteiger partial charge in [-0.3, -0.25) is 9.59 Å². The number of esters is 2. The maximum absolute atomic E-state index is 11.2. The molecule has 2 aliphatic rings. The number of carbonyl (C=O) groups is 2.